The van der Waals surface area contributed by atoms with Gasteiger partial charge in [-0.2, -0.15) is 0 Å². The highest BCUT2D eigenvalue weighted by Crippen LogP contribution is 2.17. The summed E-state index contributed by atoms with van der Waals surface area (Å²) >= 11 is 0. The second kappa shape index (κ2) is 5.69. The zero-order valence-electron chi connectivity index (χ0n) is 11.8. The van der Waals surface area contributed by atoms with E-state index in [1.807, 2.05) is 12.1 Å². The molecule has 5 heteroatoms. The predicted octanol–water partition coefficient (Wildman–Crippen LogP) is 1.53. The molecular weight excluding hydrogens is 266 g/mol. The minimum Gasteiger partial charge on any atom is -0.348 e. The number of nitrogens with two attached hydrogens (primary N) is 1. The van der Waals surface area contributed by atoms with Crippen molar-refractivity contribution in [3.8, 4) is 0 Å². The molecule has 1 saturated carbocycles. The van der Waals surface area contributed by atoms with Gasteiger partial charge in [0, 0.05) is 17.5 Å². The molecule has 1 fully saturated rings. The lowest BCUT2D eigenvalue weighted by Crippen LogP contribution is -2.42. The van der Waals surface area contributed by atoms with Crippen LogP contribution in [0.15, 0.2) is 35.1 Å². The van der Waals surface area contributed by atoms with E-state index in [9.17, 15) is 9.59 Å². The van der Waals surface area contributed by atoms with Crippen LogP contribution in [0.3, 0.4) is 0 Å². The number of rotatable bonds is 2. The van der Waals surface area contributed by atoms with E-state index in [2.05, 4.69) is 10.3 Å². The van der Waals surface area contributed by atoms with Crippen molar-refractivity contribution in [1.29, 1.82) is 0 Å². The first-order valence-electron chi connectivity index (χ1n) is 7.32. The number of carbonyl (C=O) groups is 1. The average molecular weight is 285 g/mol. The Labute approximate surface area is 122 Å². The molecule has 5 nitrogen and oxygen atoms in total. The van der Waals surface area contributed by atoms with Gasteiger partial charge in [0.1, 0.15) is 5.69 Å². The lowest BCUT2D eigenvalue weighted by Gasteiger charge is -2.27. The zero-order valence-corrected chi connectivity index (χ0v) is 11.8. The van der Waals surface area contributed by atoms with E-state index < -0.39 is 0 Å². The van der Waals surface area contributed by atoms with Crippen LogP contribution >= 0.6 is 0 Å². The molecule has 4 N–H and O–H groups in total. The molecule has 1 amide bonds. The van der Waals surface area contributed by atoms with Gasteiger partial charge in [-0.25, -0.2) is 0 Å². The van der Waals surface area contributed by atoms with Gasteiger partial charge in [-0.15, -0.1) is 0 Å². The number of carbonyl (C=O) groups excluding carboxylic acids is 1. The fourth-order valence-corrected chi connectivity index (χ4v) is 2.96. The highest BCUT2D eigenvalue weighted by molar-refractivity contribution is 5.96. The van der Waals surface area contributed by atoms with Crippen LogP contribution in [-0.4, -0.2) is 23.0 Å². The monoisotopic (exact) mass is 285 g/mol. The number of aromatic amines is 1. The predicted molar refractivity (Wildman–Crippen MR) is 82.3 cm³/mol. The van der Waals surface area contributed by atoms with E-state index in [-0.39, 0.29) is 23.6 Å². The fraction of sp³-hybridized carbons (Fsp3) is 0.375. The Kier molecular flexibility index (Phi) is 3.75. The molecule has 0 saturated heterocycles. The van der Waals surface area contributed by atoms with Gasteiger partial charge in [-0.1, -0.05) is 18.2 Å². The van der Waals surface area contributed by atoms with Crippen LogP contribution in [0.25, 0.3) is 10.8 Å². The van der Waals surface area contributed by atoms with Crippen molar-refractivity contribution in [1.82, 2.24) is 10.3 Å². The SMILES string of the molecule is NC1CCCC(NC(=O)c2cc3ccccc3c(=O)[nH]2)C1. The number of hydrogen-bond donors (Lipinski definition) is 3. The van der Waals surface area contributed by atoms with E-state index in [1.165, 1.54) is 0 Å². The Morgan fingerprint density at radius 3 is 2.90 bits per heavy atom. The maximum Gasteiger partial charge on any atom is 0.268 e. The summed E-state index contributed by atoms with van der Waals surface area (Å²) in [6, 6.07) is 9.20. The second-order valence-corrected chi connectivity index (χ2v) is 5.70. The molecule has 0 aliphatic heterocycles. The lowest BCUT2D eigenvalue weighted by molar-refractivity contribution is 0.0920. The standard InChI is InChI=1S/C16H19N3O2/c17-11-5-3-6-12(9-11)18-16(21)14-8-10-4-1-2-7-13(10)15(20)19-14/h1-2,4,7-8,11-12H,3,5-6,9,17H2,(H,18,21)(H,19,20). The Balaban J connectivity index is 1.83. The van der Waals surface area contributed by atoms with Crippen LogP contribution in [0, 0.1) is 0 Å². The Hall–Kier alpha value is -2.14. The molecule has 110 valence electrons. The Morgan fingerprint density at radius 2 is 2.10 bits per heavy atom. The highest BCUT2D eigenvalue weighted by Gasteiger charge is 2.21. The summed E-state index contributed by atoms with van der Waals surface area (Å²) in [5.74, 6) is -0.239. The largest absolute Gasteiger partial charge is 0.348 e. The van der Waals surface area contributed by atoms with Crippen molar-refractivity contribution in [2.75, 3.05) is 0 Å². The molecule has 2 aromatic rings. The third-order valence-electron chi connectivity index (χ3n) is 4.05. The average Bonchev–Trinajstić information content (AvgIpc) is 2.47. The lowest BCUT2D eigenvalue weighted by atomic mass is 9.91. The number of H-pyrrole nitrogens is 1. The summed E-state index contributed by atoms with van der Waals surface area (Å²) in [4.78, 5) is 26.9. The first-order valence-corrected chi connectivity index (χ1v) is 7.32. The van der Waals surface area contributed by atoms with Crippen molar-refractivity contribution >= 4 is 16.7 Å². The van der Waals surface area contributed by atoms with Crippen molar-refractivity contribution in [2.24, 2.45) is 5.73 Å². The van der Waals surface area contributed by atoms with Crippen LogP contribution in [0.1, 0.15) is 36.2 Å². The molecule has 2 unspecified atom stereocenters. The molecule has 1 heterocycles. The van der Waals surface area contributed by atoms with E-state index in [0.29, 0.717) is 11.1 Å². The van der Waals surface area contributed by atoms with Gasteiger partial charge in [-0.3, -0.25) is 9.59 Å². The van der Waals surface area contributed by atoms with E-state index in [4.69, 9.17) is 5.73 Å². The molecule has 0 spiro atoms. The van der Waals surface area contributed by atoms with Crippen LogP contribution in [0.2, 0.25) is 0 Å². The number of pyridine rings is 1. The smallest absolute Gasteiger partial charge is 0.268 e. The minimum absolute atomic E-state index is 0.0937. The number of fused-ring (bicyclic) bond motifs is 1. The Bertz CT molecular complexity index is 723. The summed E-state index contributed by atoms with van der Waals surface area (Å²) < 4.78 is 0. The third kappa shape index (κ3) is 2.97. The Morgan fingerprint density at radius 1 is 1.29 bits per heavy atom. The van der Waals surface area contributed by atoms with Crippen LogP contribution in [0.4, 0.5) is 0 Å². The van der Waals surface area contributed by atoms with Crippen LogP contribution in [-0.2, 0) is 0 Å². The number of hydrogen-bond acceptors (Lipinski definition) is 3. The van der Waals surface area contributed by atoms with Gasteiger partial charge in [0.05, 0.1) is 0 Å². The van der Waals surface area contributed by atoms with Gasteiger partial charge in [0.15, 0.2) is 0 Å². The maximum absolute atomic E-state index is 12.3. The highest BCUT2D eigenvalue weighted by atomic mass is 16.2. The van der Waals surface area contributed by atoms with E-state index in [0.717, 1.165) is 31.1 Å². The maximum atomic E-state index is 12.3. The van der Waals surface area contributed by atoms with Crippen molar-refractivity contribution < 1.29 is 4.79 Å². The summed E-state index contributed by atoms with van der Waals surface area (Å²) in [5.41, 5.74) is 6.00. The van der Waals surface area contributed by atoms with Gasteiger partial charge < -0.3 is 16.0 Å². The van der Waals surface area contributed by atoms with Crippen molar-refractivity contribution in [3.05, 3.63) is 46.4 Å². The summed E-state index contributed by atoms with van der Waals surface area (Å²) in [7, 11) is 0. The molecule has 2 atom stereocenters. The van der Waals surface area contributed by atoms with Crippen LogP contribution in [0.5, 0.6) is 0 Å². The second-order valence-electron chi connectivity index (χ2n) is 5.70. The quantitative estimate of drug-likeness (QED) is 0.782. The van der Waals surface area contributed by atoms with Gasteiger partial charge in [0.2, 0.25) is 0 Å². The number of aromatic nitrogens is 1. The molecule has 1 aliphatic carbocycles. The van der Waals surface area contributed by atoms with Crippen molar-refractivity contribution in [2.45, 2.75) is 37.8 Å². The van der Waals surface area contributed by atoms with E-state index in [1.54, 1.807) is 18.2 Å². The molecular formula is C16H19N3O2. The summed E-state index contributed by atoms with van der Waals surface area (Å²) in [6.45, 7) is 0. The minimum atomic E-state index is -0.239. The summed E-state index contributed by atoms with van der Waals surface area (Å²) in [6.07, 6.45) is 3.78. The molecule has 1 aliphatic rings. The van der Waals surface area contributed by atoms with Gasteiger partial charge in [-0.05, 0) is 43.2 Å². The molecule has 0 bridgehead atoms. The van der Waals surface area contributed by atoms with Gasteiger partial charge >= 0.3 is 0 Å². The van der Waals surface area contributed by atoms with Gasteiger partial charge in [0.25, 0.3) is 11.5 Å². The summed E-state index contributed by atoms with van der Waals surface area (Å²) in [5, 5.41) is 4.33. The number of benzene rings is 1. The number of nitrogens with one attached hydrogen (secondary N) is 2. The molecule has 1 aromatic heterocycles. The topological polar surface area (TPSA) is 88.0 Å². The molecule has 0 radical (unpaired) electrons. The first-order chi connectivity index (χ1) is 10.1. The third-order valence-corrected chi connectivity index (χ3v) is 4.05. The van der Waals surface area contributed by atoms with Crippen molar-refractivity contribution in [3.63, 3.8) is 0 Å². The molecule has 21 heavy (non-hydrogen) atoms. The normalized spacial score (nSPS) is 22.1. The molecule has 3 rings (SSSR count). The number of amides is 1. The molecule has 1 aromatic carbocycles. The zero-order chi connectivity index (χ0) is 14.8. The first kappa shape index (κ1) is 13.8. The fourth-order valence-electron chi connectivity index (χ4n) is 2.96. The van der Waals surface area contributed by atoms with E-state index >= 15 is 0 Å². The van der Waals surface area contributed by atoms with Crippen LogP contribution < -0.4 is 16.6 Å².